The largest absolute Gasteiger partial charge is 0.465 e. The van der Waals surface area contributed by atoms with E-state index in [-0.39, 0.29) is 18.3 Å². The highest BCUT2D eigenvalue weighted by molar-refractivity contribution is 6.04. The van der Waals surface area contributed by atoms with Crippen molar-refractivity contribution < 1.29 is 18.7 Å². The summed E-state index contributed by atoms with van der Waals surface area (Å²) in [4.78, 5) is 29.2. The van der Waals surface area contributed by atoms with Gasteiger partial charge in [0.2, 0.25) is 0 Å². The van der Waals surface area contributed by atoms with Crippen molar-refractivity contribution >= 4 is 17.4 Å². The molecule has 6 heteroatoms. The van der Waals surface area contributed by atoms with Gasteiger partial charge in [0.1, 0.15) is 18.1 Å². The molecule has 1 aliphatic heterocycles. The standard InChI is InChI=1S/C31H32N2O4/c1-19-10-15-27(37-19)30-28(31(35)36-18-21-8-6-5-7-9-21)20(2)32-25-16-23(17-26(34)29(25)30)22-11-13-24(14-12-22)33(3)4/h5-15,23,30,32H,16-18H2,1-4H3/t23-,30-/m0/s1. The van der Waals surface area contributed by atoms with Crippen molar-refractivity contribution in [1.82, 2.24) is 5.32 Å². The first-order chi connectivity index (χ1) is 17.8. The number of nitrogens with zero attached hydrogens (tertiary/aromatic N) is 1. The predicted molar refractivity (Wildman–Crippen MR) is 143 cm³/mol. The van der Waals surface area contributed by atoms with E-state index in [9.17, 15) is 9.59 Å². The number of ether oxygens (including phenoxy) is 1. The van der Waals surface area contributed by atoms with E-state index in [1.807, 2.05) is 70.4 Å². The van der Waals surface area contributed by atoms with Gasteiger partial charge in [-0.1, -0.05) is 42.5 Å². The molecule has 2 atom stereocenters. The Balaban J connectivity index is 1.47. The maximum atomic E-state index is 13.7. The third-order valence-electron chi connectivity index (χ3n) is 7.19. The SMILES string of the molecule is CC1=C(C(=O)OCc2ccccc2)[C@H](c2ccc(C)o2)C2=C(C[C@H](c3ccc(N(C)C)cc3)CC2=O)N1. The molecule has 2 aromatic carbocycles. The quantitative estimate of drug-likeness (QED) is 0.438. The summed E-state index contributed by atoms with van der Waals surface area (Å²) in [7, 11) is 4.02. The van der Waals surface area contributed by atoms with E-state index in [1.54, 1.807) is 0 Å². The summed E-state index contributed by atoms with van der Waals surface area (Å²) in [5.74, 6) is 0.349. The third-order valence-corrected chi connectivity index (χ3v) is 7.19. The fourth-order valence-corrected chi connectivity index (χ4v) is 5.28. The van der Waals surface area contributed by atoms with Gasteiger partial charge in [0, 0.05) is 43.2 Å². The molecule has 6 nitrogen and oxygen atoms in total. The lowest BCUT2D eigenvalue weighted by molar-refractivity contribution is -0.140. The minimum absolute atomic E-state index is 0.0235. The number of hydrogen-bond donors (Lipinski definition) is 1. The molecule has 0 amide bonds. The summed E-state index contributed by atoms with van der Waals surface area (Å²) >= 11 is 0. The van der Waals surface area contributed by atoms with Gasteiger partial charge in [0.25, 0.3) is 0 Å². The topological polar surface area (TPSA) is 71.8 Å². The fourth-order valence-electron chi connectivity index (χ4n) is 5.28. The number of carbonyl (C=O) groups excluding carboxylic acids is 2. The first-order valence-electron chi connectivity index (χ1n) is 12.6. The number of Topliss-reactive ketones (excluding diaryl/α,β-unsaturated/α-hetero) is 1. The van der Waals surface area contributed by atoms with Gasteiger partial charge in [0.05, 0.1) is 11.5 Å². The number of carbonyl (C=O) groups is 2. The first-order valence-corrected chi connectivity index (χ1v) is 12.6. The van der Waals surface area contributed by atoms with E-state index in [1.165, 1.54) is 0 Å². The lowest BCUT2D eigenvalue weighted by atomic mass is 9.73. The van der Waals surface area contributed by atoms with Crippen molar-refractivity contribution in [3.8, 4) is 0 Å². The molecule has 1 aliphatic carbocycles. The van der Waals surface area contributed by atoms with Crippen molar-refractivity contribution in [2.24, 2.45) is 0 Å². The highest BCUT2D eigenvalue weighted by Crippen LogP contribution is 2.46. The van der Waals surface area contributed by atoms with Gasteiger partial charge in [-0.2, -0.15) is 0 Å². The zero-order valence-corrected chi connectivity index (χ0v) is 21.7. The van der Waals surface area contributed by atoms with Crippen molar-refractivity contribution in [2.75, 3.05) is 19.0 Å². The van der Waals surface area contributed by atoms with Gasteiger partial charge in [-0.25, -0.2) is 4.79 Å². The number of hydrogen-bond acceptors (Lipinski definition) is 6. The molecule has 2 aliphatic rings. The van der Waals surface area contributed by atoms with Crippen LogP contribution in [0.25, 0.3) is 0 Å². The highest BCUT2D eigenvalue weighted by Gasteiger charge is 2.42. The van der Waals surface area contributed by atoms with Crippen LogP contribution in [0.1, 0.15) is 54.2 Å². The second kappa shape index (κ2) is 10.1. The summed E-state index contributed by atoms with van der Waals surface area (Å²) < 4.78 is 11.7. The number of furan rings is 1. The molecular weight excluding hydrogens is 464 g/mol. The average molecular weight is 497 g/mol. The Labute approximate surface area is 217 Å². The number of aryl methyl sites for hydroxylation is 1. The molecule has 0 saturated heterocycles. The second-order valence-corrected chi connectivity index (χ2v) is 10.0. The van der Waals surface area contributed by atoms with Crippen molar-refractivity contribution in [3.63, 3.8) is 0 Å². The van der Waals surface area contributed by atoms with E-state index in [2.05, 4.69) is 34.5 Å². The predicted octanol–water partition coefficient (Wildman–Crippen LogP) is 5.76. The van der Waals surface area contributed by atoms with Gasteiger partial charge in [-0.05, 0) is 61.6 Å². The van der Waals surface area contributed by atoms with Crippen LogP contribution in [-0.2, 0) is 20.9 Å². The third kappa shape index (κ3) is 4.96. The number of dihydropyridines is 1. The Kier molecular flexibility index (Phi) is 6.74. The van der Waals surface area contributed by atoms with E-state index < -0.39 is 11.9 Å². The zero-order valence-electron chi connectivity index (χ0n) is 21.7. The first kappa shape index (κ1) is 24.6. The summed E-state index contributed by atoms with van der Waals surface area (Å²) in [5.41, 5.74) is 5.72. The zero-order chi connectivity index (χ0) is 26.1. The number of benzene rings is 2. The maximum absolute atomic E-state index is 13.7. The molecule has 5 rings (SSSR count). The molecule has 1 aromatic heterocycles. The van der Waals surface area contributed by atoms with E-state index >= 15 is 0 Å². The lowest BCUT2D eigenvalue weighted by Gasteiger charge is -2.35. The molecule has 0 saturated carbocycles. The molecule has 0 spiro atoms. The molecule has 0 unspecified atom stereocenters. The summed E-state index contributed by atoms with van der Waals surface area (Å²) in [6.07, 6.45) is 1.06. The smallest absolute Gasteiger partial charge is 0.337 e. The Bertz CT molecular complexity index is 1380. The van der Waals surface area contributed by atoms with Gasteiger partial charge in [-0.3, -0.25) is 4.79 Å². The van der Waals surface area contributed by atoms with Crippen LogP contribution in [0.4, 0.5) is 5.69 Å². The number of ketones is 1. The molecular formula is C31H32N2O4. The highest BCUT2D eigenvalue weighted by atomic mass is 16.5. The van der Waals surface area contributed by atoms with Gasteiger partial charge in [0.15, 0.2) is 5.78 Å². The number of anilines is 1. The van der Waals surface area contributed by atoms with Crippen LogP contribution in [0.2, 0.25) is 0 Å². The summed E-state index contributed by atoms with van der Waals surface area (Å²) in [6, 6.07) is 21.7. The Hall–Kier alpha value is -4.06. The molecule has 2 heterocycles. The van der Waals surface area contributed by atoms with E-state index in [0.717, 1.165) is 28.3 Å². The van der Waals surface area contributed by atoms with E-state index in [4.69, 9.17) is 9.15 Å². The number of allylic oxidation sites excluding steroid dienone is 3. The Morgan fingerprint density at radius 1 is 1.00 bits per heavy atom. The normalized spacial score (nSPS) is 19.4. The van der Waals surface area contributed by atoms with Crippen molar-refractivity contribution in [2.45, 2.75) is 45.1 Å². The molecule has 190 valence electrons. The van der Waals surface area contributed by atoms with Crippen LogP contribution in [0.3, 0.4) is 0 Å². The van der Waals surface area contributed by atoms with Gasteiger partial charge in [-0.15, -0.1) is 0 Å². The number of nitrogens with one attached hydrogen (secondary N) is 1. The van der Waals surface area contributed by atoms with Crippen LogP contribution < -0.4 is 10.2 Å². The van der Waals surface area contributed by atoms with Crippen LogP contribution in [0, 0.1) is 6.92 Å². The Morgan fingerprint density at radius 2 is 1.73 bits per heavy atom. The number of rotatable bonds is 6. The van der Waals surface area contributed by atoms with Crippen LogP contribution in [0.5, 0.6) is 0 Å². The van der Waals surface area contributed by atoms with Gasteiger partial charge >= 0.3 is 5.97 Å². The molecule has 1 N–H and O–H groups in total. The van der Waals surface area contributed by atoms with Crippen LogP contribution in [0.15, 0.2) is 93.7 Å². The summed E-state index contributed by atoms with van der Waals surface area (Å²) in [6.45, 7) is 3.89. The molecule has 3 aromatic rings. The van der Waals surface area contributed by atoms with Crippen LogP contribution >= 0.6 is 0 Å². The fraction of sp³-hybridized carbons (Fsp3) is 0.290. The minimum atomic E-state index is -0.599. The van der Waals surface area contributed by atoms with Crippen molar-refractivity contribution in [1.29, 1.82) is 0 Å². The molecule has 37 heavy (non-hydrogen) atoms. The lowest BCUT2D eigenvalue weighted by Crippen LogP contribution is -2.36. The summed E-state index contributed by atoms with van der Waals surface area (Å²) in [5, 5.41) is 3.40. The van der Waals surface area contributed by atoms with Crippen molar-refractivity contribution in [3.05, 3.63) is 112 Å². The monoisotopic (exact) mass is 496 g/mol. The second-order valence-electron chi connectivity index (χ2n) is 10.0. The molecule has 0 bridgehead atoms. The molecule has 0 radical (unpaired) electrons. The van der Waals surface area contributed by atoms with Gasteiger partial charge < -0.3 is 19.4 Å². The van der Waals surface area contributed by atoms with E-state index in [0.29, 0.717) is 35.4 Å². The minimum Gasteiger partial charge on any atom is -0.465 e. The number of esters is 1. The van der Waals surface area contributed by atoms with Crippen LogP contribution in [-0.4, -0.2) is 25.8 Å². The Morgan fingerprint density at radius 3 is 2.38 bits per heavy atom. The molecule has 0 fully saturated rings. The average Bonchev–Trinajstić information content (AvgIpc) is 3.32. The maximum Gasteiger partial charge on any atom is 0.337 e.